The van der Waals surface area contributed by atoms with E-state index >= 15 is 0 Å². The van der Waals surface area contributed by atoms with E-state index in [4.69, 9.17) is 5.26 Å². The van der Waals surface area contributed by atoms with Gasteiger partial charge in [-0.2, -0.15) is 5.26 Å². The lowest BCUT2D eigenvalue weighted by molar-refractivity contribution is 0.0648. The molecule has 0 spiro atoms. The van der Waals surface area contributed by atoms with Crippen molar-refractivity contribution in [2.45, 2.75) is 64.5 Å². The lowest BCUT2D eigenvalue weighted by Crippen LogP contribution is -2.50. The Balaban J connectivity index is 1.83. The van der Waals surface area contributed by atoms with Crippen molar-refractivity contribution in [1.29, 1.82) is 5.26 Å². The number of hydrogen-bond acceptors (Lipinski definition) is 4. The van der Waals surface area contributed by atoms with Crippen LogP contribution in [0, 0.1) is 29.1 Å². The highest BCUT2D eigenvalue weighted by Gasteiger charge is 2.29. The van der Waals surface area contributed by atoms with E-state index in [-0.39, 0.29) is 6.10 Å². The van der Waals surface area contributed by atoms with Gasteiger partial charge in [-0.15, -0.1) is 0 Å². The summed E-state index contributed by atoms with van der Waals surface area (Å²) in [6.07, 6.45) is 7.30. The minimum Gasteiger partial charge on any atom is -0.393 e. The van der Waals surface area contributed by atoms with Gasteiger partial charge in [-0.3, -0.25) is 4.90 Å². The number of nitriles is 1. The third-order valence-corrected chi connectivity index (χ3v) is 5.42. The molecule has 4 nitrogen and oxygen atoms in total. The highest BCUT2D eigenvalue weighted by Crippen LogP contribution is 2.26. The van der Waals surface area contributed by atoms with E-state index in [2.05, 4.69) is 30.1 Å². The van der Waals surface area contributed by atoms with Crippen LogP contribution < -0.4 is 5.32 Å². The average molecular weight is 307 g/mol. The van der Waals surface area contributed by atoms with Gasteiger partial charge in [-0.25, -0.2) is 0 Å². The standard InChI is InChI=1S/C18H33N3O/c1-14(2)18(22)10-16-9-17(13-21(12-16)8-7-19)20-11-15-5-3-4-6-15/h14-18,20,22H,3-6,8-13H2,1-2H3. The summed E-state index contributed by atoms with van der Waals surface area (Å²) in [5, 5.41) is 22.9. The van der Waals surface area contributed by atoms with Gasteiger partial charge in [0, 0.05) is 19.1 Å². The molecule has 0 aromatic heterocycles. The summed E-state index contributed by atoms with van der Waals surface area (Å²) < 4.78 is 0. The van der Waals surface area contributed by atoms with E-state index < -0.39 is 0 Å². The zero-order valence-electron chi connectivity index (χ0n) is 14.3. The van der Waals surface area contributed by atoms with Gasteiger partial charge >= 0.3 is 0 Å². The van der Waals surface area contributed by atoms with Crippen LogP contribution in [-0.2, 0) is 0 Å². The van der Waals surface area contributed by atoms with Crippen LogP contribution in [0.2, 0.25) is 0 Å². The minimum atomic E-state index is -0.220. The Morgan fingerprint density at radius 3 is 2.59 bits per heavy atom. The van der Waals surface area contributed by atoms with Crippen molar-refractivity contribution < 1.29 is 5.11 Å². The van der Waals surface area contributed by atoms with Crippen molar-refractivity contribution in [1.82, 2.24) is 10.2 Å². The fraction of sp³-hybridized carbons (Fsp3) is 0.944. The van der Waals surface area contributed by atoms with E-state index in [1.54, 1.807) is 0 Å². The first kappa shape index (κ1) is 17.7. The summed E-state index contributed by atoms with van der Waals surface area (Å²) in [5.41, 5.74) is 0. The lowest BCUT2D eigenvalue weighted by atomic mass is 9.86. The van der Waals surface area contributed by atoms with Gasteiger partial charge in [0.1, 0.15) is 0 Å². The minimum absolute atomic E-state index is 0.220. The van der Waals surface area contributed by atoms with Crippen molar-refractivity contribution in [2.75, 3.05) is 26.2 Å². The average Bonchev–Trinajstić information content (AvgIpc) is 2.98. The zero-order valence-corrected chi connectivity index (χ0v) is 14.3. The van der Waals surface area contributed by atoms with Crippen LogP contribution in [0.25, 0.3) is 0 Å². The van der Waals surface area contributed by atoms with Crippen LogP contribution >= 0.6 is 0 Å². The molecular weight excluding hydrogens is 274 g/mol. The van der Waals surface area contributed by atoms with Crippen molar-refractivity contribution in [3.05, 3.63) is 0 Å². The van der Waals surface area contributed by atoms with Crippen LogP contribution in [-0.4, -0.2) is 48.3 Å². The molecule has 0 amide bonds. The molecule has 2 rings (SSSR count). The number of aliphatic hydroxyl groups excluding tert-OH is 1. The van der Waals surface area contributed by atoms with Gasteiger partial charge in [-0.1, -0.05) is 26.7 Å². The number of nitrogens with one attached hydrogen (secondary N) is 1. The summed E-state index contributed by atoms with van der Waals surface area (Å²) in [6, 6.07) is 2.77. The van der Waals surface area contributed by atoms with Crippen LogP contribution in [0.15, 0.2) is 0 Å². The third kappa shape index (κ3) is 5.53. The molecule has 0 radical (unpaired) electrons. The number of rotatable bonds is 7. The Morgan fingerprint density at radius 2 is 1.95 bits per heavy atom. The third-order valence-electron chi connectivity index (χ3n) is 5.42. The molecule has 0 aromatic carbocycles. The van der Waals surface area contributed by atoms with E-state index in [0.29, 0.717) is 24.4 Å². The van der Waals surface area contributed by atoms with E-state index in [1.807, 2.05) is 0 Å². The van der Waals surface area contributed by atoms with E-state index in [0.717, 1.165) is 38.4 Å². The van der Waals surface area contributed by atoms with Gasteiger partial charge in [0.15, 0.2) is 0 Å². The Hall–Kier alpha value is -0.630. The summed E-state index contributed by atoms with van der Waals surface area (Å²) in [6.45, 7) is 7.74. The van der Waals surface area contributed by atoms with Gasteiger partial charge in [-0.05, 0) is 50.0 Å². The molecular formula is C18H33N3O. The normalized spacial score (nSPS) is 28.9. The second-order valence-corrected chi connectivity index (χ2v) is 7.76. The number of likely N-dealkylation sites (tertiary alicyclic amines) is 1. The molecule has 1 aliphatic carbocycles. The molecule has 1 heterocycles. The Kier molecular flexibility index (Phi) is 7.14. The monoisotopic (exact) mass is 307 g/mol. The molecule has 22 heavy (non-hydrogen) atoms. The highest BCUT2D eigenvalue weighted by atomic mass is 16.3. The summed E-state index contributed by atoms with van der Waals surface area (Å²) in [5.74, 6) is 1.67. The molecule has 0 aromatic rings. The first-order valence-electron chi connectivity index (χ1n) is 9.09. The SMILES string of the molecule is CC(C)C(O)CC1CC(NCC2CCCC2)CN(CC#N)C1. The van der Waals surface area contributed by atoms with Crippen molar-refractivity contribution in [2.24, 2.45) is 17.8 Å². The van der Waals surface area contributed by atoms with Gasteiger partial charge < -0.3 is 10.4 Å². The van der Waals surface area contributed by atoms with Crippen LogP contribution in [0.4, 0.5) is 0 Å². The first-order chi connectivity index (χ1) is 10.6. The fourth-order valence-electron chi connectivity index (χ4n) is 4.01. The van der Waals surface area contributed by atoms with Crippen LogP contribution in [0.1, 0.15) is 52.4 Å². The summed E-state index contributed by atoms with van der Waals surface area (Å²) in [7, 11) is 0. The fourth-order valence-corrected chi connectivity index (χ4v) is 4.01. The largest absolute Gasteiger partial charge is 0.393 e. The molecule has 0 bridgehead atoms. The molecule has 2 aliphatic rings. The molecule has 4 heteroatoms. The second kappa shape index (κ2) is 8.86. The maximum absolute atomic E-state index is 10.2. The van der Waals surface area contributed by atoms with Gasteiger partial charge in [0.25, 0.3) is 0 Å². The van der Waals surface area contributed by atoms with Crippen molar-refractivity contribution in [3.63, 3.8) is 0 Å². The molecule has 2 N–H and O–H groups in total. The predicted molar refractivity (Wildman–Crippen MR) is 89.4 cm³/mol. The Labute approximate surface area is 135 Å². The summed E-state index contributed by atoms with van der Waals surface area (Å²) >= 11 is 0. The summed E-state index contributed by atoms with van der Waals surface area (Å²) in [4.78, 5) is 2.26. The van der Waals surface area contributed by atoms with Crippen LogP contribution in [0.5, 0.6) is 0 Å². The van der Waals surface area contributed by atoms with Crippen molar-refractivity contribution >= 4 is 0 Å². The number of hydrogen-bond donors (Lipinski definition) is 2. The molecule has 3 atom stereocenters. The molecule has 1 aliphatic heterocycles. The van der Waals surface area contributed by atoms with E-state index in [9.17, 15) is 5.11 Å². The smallest absolute Gasteiger partial charge is 0.0866 e. The van der Waals surface area contributed by atoms with E-state index in [1.165, 1.54) is 25.7 Å². The predicted octanol–water partition coefficient (Wildman–Crippen LogP) is 2.39. The molecule has 1 saturated carbocycles. The lowest BCUT2D eigenvalue weighted by Gasteiger charge is -2.38. The maximum atomic E-state index is 10.2. The van der Waals surface area contributed by atoms with Crippen LogP contribution in [0.3, 0.4) is 0 Å². The maximum Gasteiger partial charge on any atom is 0.0866 e. The molecule has 2 fully saturated rings. The molecule has 3 unspecified atom stereocenters. The molecule has 1 saturated heterocycles. The van der Waals surface area contributed by atoms with Crippen molar-refractivity contribution in [3.8, 4) is 6.07 Å². The zero-order chi connectivity index (χ0) is 15.9. The Morgan fingerprint density at radius 1 is 1.23 bits per heavy atom. The highest BCUT2D eigenvalue weighted by molar-refractivity contribution is 4.89. The molecule has 126 valence electrons. The van der Waals surface area contributed by atoms with Gasteiger partial charge in [0.05, 0.1) is 18.7 Å². The first-order valence-corrected chi connectivity index (χ1v) is 9.09. The number of piperidine rings is 1. The quantitative estimate of drug-likeness (QED) is 0.709. The number of nitrogens with zero attached hydrogens (tertiary/aromatic N) is 2. The second-order valence-electron chi connectivity index (χ2n) is 7.76. The van der Waals surface area contributed by atoms with Gasteiger partial charge in [0.2, 0.25) is 0 Å². The topological polar surface area (TPSA) is 59.3 Å². The Bertz CT molecular complexity index is 360. The number of aliphatic hydroxyl groups is 1.